The molecule has 0 unspecified atom stereocenters. The number of methoxy groups -OCH3 is 1. The van der Waals surface area contributed by atoms with E-state index in [1.807, 2.05) is 13.8 Å². The molecule has 0 spiro atoms. The summed E-state index contributed by atoms with van der Waals surface area (Å²) >= 11 is 0. The highest BCUT2D eigenvalue weighted by Crippen LogP contribution is 2.13. The Morgan fingerprint density at radius 3 is 2.75 bits per heavy atom. The average Bonchev–Trinajstić information content (AvgIpc) is 2.16. The first-order valence-electron chi connectivity index (χ1n) is 5.19. The van der Waals surface area contributed by atoms with E-state index < -0.39 is 0 Å². The molecule has 1 N–H and O–H groups in total. The lowest BCUT2D eigenvalue weighted by Gasteiger charge is -2.22. The molecule has 5 heteroatoms. The molecule has 16 heavy (non-hydrogen) atoms. The Balaban J connectivity index is 2.52. The molecule has 0 fully saturated rings. The Kier molecular flexibility index (Phi) is 4.06. The molecular weight excluding hydrogens is 208 g/mol. The molecular formula is C11H18N2O3. The molecule has 0 aliphatic heterocycles. The predicted molar refractivity (Wildman–Crippen MR) is 60.8 cm³/mol. The zero-order valence-electron chi connectivity index (χ0n) is 10.2. The Bertz CT molecular complexity index is 398. The highest BCUT2D eigenvalue weighted by Gasteiger charge is 2.16. The van der Waals surface area contributed by atoms with Gasteiger partial charge in [-0.2, -0.15) is 0 Å². The minimum atomic E-state index is -0.226. The maximum absolute atomic E-state index is 11.1. The van der Waals surface area contributed by atoms with Gasteiger partial charge in [-0.1, -0.05) is 0 Å². The Labute approximate surface area is 94.8 Å². The summed E-state index contributed by atoms with van der Waals surface area (Å²) in [7, 11) is 1.66. The third kappa shape index (κ3) is 4.02. The normalized spacial score (nSPS) is 11.5. The average molecular weight is 226 g/mol. The lowest BCUT2D eigenvalue weighted by Crippen LogP contribution is -2.25. The van der Waals surface area contributed by atoms with Crippen LogP contribution in [0.15, 0.2) is 10.9 Å². The molecule has 0 aliphatic rings. The summed E-state index contributed by atoms with van der Waals surface area (Å²) in [5.41, 5.74) is -0.426. The molecule has 1 heterocycles. The number of aromatic amines is 1. The zero-order valence-corrected chi connectivity index (χ0v) is 10.2. The second-order valence-electron chi connectivity index (χ2n) is 4.23. The van der Waals surface area contributed by atoms with Crippen LogP contribution in [-0.4, -0.2) is 29.3 Å². The van der Waals surface area contributed by atoms with Crippen LogP contribution in [0.5, 0.6) is 5.88 Å². The third-order valence-electron chi connectivity index (χ3n) is 2.34. The quantitative estimate of drug-likeness (QED) is 0.821. The number of ether oxygens (including phenoxy) is 2. The second kappa shape index (κ2) is 5.12. The summed E-state index contributed by atoms with van der Waals surface area (Å²) in [5, 5.41) is 0. The van der Waals surface area contributed by atoms with Gasteiger partial charge < -0.3 is 14.5 Å². The fourth-order valence-corrected chi connectivity index (χ4v) is 1.13. The van der Waals surface area contributed by atoms with Gasteiger partial charge in [-0.3, -0.25) is 4.79 Å². The van der Waals surface area contributed by atoms with Gasteiger partial charge in [0, 0.05) is 13.5 Å². The van der Waals surface area contributed by atoms with Gasteiger partial charge in [0.1, 0.15) is 5.82 Å². The largest absolute Gasteiger partial charge is 0.477 e. The van der Waals surface area contributed by atoms with E-state index in [2.05, 4.69) is 9.97 Å². The van der Waals surface area contributed by atoms with E-state index in [0.717, 1.165) is 6.42 Å². The lowest BCUT2D eigenvalue weighted by atomic mass is 10.1. The monoisotopic (exact) mass is 226 g/mol. The molecule has 0 saturated carbocycles. The van der Waals surface area contributed by atoms with Gasteiger partial charge in [-0.15, -0.1) is 0 Å². The maximum atomic E-state index is 11.1. The van der Waals surface area contributed by atoms with Gasteiger partial charge in [-0.05, 0) is 20.8 Å². The number of nitrogens with one attached hydrogen (secondary N) is 1. The molecule has 1 rings (SSSR count). The lowest BCUT2D eigenvalue weighted by molar-refractivity contribution is 0.00506. The van der Waals surface area contributed by atoms with E-state index in [9.17, 15) is 4.79 Å². The molecule has 5 nitrogen and oxygen atoms in total. The summed E-state index contributed by atoms with van der Waals surface area (Å²) in [5.74, 6) is 0.904. The summed E-state index contributed by atoms with van der Waals surface area (Å²) < 4.78 is 10.6. The Hall–Kier alpha value is -1.36. The molecule has 0 aliphatic carbocycles. The van der Waals surface area contributed by atoms with Gasteiger partial charge in [0.2, 0.25) is 5.88 Å². The topological polar surface area (TPSA) is 64.2 Å². The van der Waals surface area contributed by atoms with Gasteiger partial charge in [0.05, 0.1) is 18.3 Å². The first kappa shape index (κ1) is 12.7. The van der Waals surface area contributed by atoms with Crippen LogP contribution >= 0.6 is 0 Å². The third-order valence-corrected chi connectivity index (χ3v) is 2.34. The maximum Gasteiger partial charge on any atom is 0.254 e. The molecule has 1 aromatic heterocycles. The van der Waals surface area contributed by atoms with Crippen LogP contribution < -0.4 is 10.3 Å². The standard InChI is InChI=1S/C11H18N2O3/c1-8-12-9(14)7-10(13-8)16-6-5-11(2,3)15-4/h7H,5-6H2,1-4H3,(H,12,13,14). The summed E-state index contributed by atoms with van der Waals surface area (Å²) in [4.78, 5) is 17.7. The van der Waals surface area contributed by atoms with Crippen molar-refractivity contribution in [2.24, 2.45) is 0 Å². The first-order valence-corrected chi connectivity index (χ1v) is 5.19. The first-order chi connectivity index (χ1) is 7.43. The minimum absolute atomic E-state index is 0.200. The number of aromatic nitrogens is 2. The highest BCUT2D eigenvalue weighted by molar-refractivity contribution is 5.07. The van der Waals surface area contributed by atoms with Crippen molar-refractivity contribution in [1.82, 2.24) is 9.97 Å². The van der Waals surface area contributed by atoms with Gasteiger partial charge in [0.25, 0.3) is 5.56 Å². The molecule has 0 amide bonds. The number of rotatable bonds is 5. The number of hydrogen-bond acceptors (Lipinski definition) is 4. The molecule has 0 saturated heterocycles. The van der Waals surface area contributed by atoms with Crippen molar-refractivity contribution in [1.29, 1.82) is 0 Å². The fraction of sp³-hybridized carbons (Fsp3) is 0.636. The van der Waals surface area contributed by atoms with E-state index >= 15 is 0 Å². The van der Waals surface area contributed by atoms with Gasteiger partial charge in [-0.25, -0.2) is 4.98 Å². The number of nitrogens with zero attached hydrogens (tertiary/aromatic N) is 1. The molecule has 0 atom stereocenters. The van der Waals surface area contributed by atoms with Crippen molar-refractivity contribution in [2.75, 3.05) is 13.7 Å². The number of aryl methyl sites for hydroxylation is 1. The zero-order chi connectivity index (χ0) is 12.2. The Morgan fingerprint density at radius 2 is 2.19 bits per heavy atom. The van der Waals surface area contributed by atoms with Crippen LogP contribution in [0.3, 0.4) is 0 Å². The molecule has 1 aromatic rings. The molecule has 0 aromatic carbocycles. The summed E-state index contributed by atoms with van der Waals surface area (Å²) in [6.07, 6.45) is 0.733. The van der Waals surface area contributed by atoms with Gasteiger partial charge >= 0.3 is 0 Å². The van der Waals surface area contributed by atoms with Crippen LogP contribution in [-0.2, 0) is 4.74 Å². The summed E-state index contributed by atoms with van der Waals surface area (Å²) in [6.45, 7) is 6.14. The van der Waals surface area contributed by atoms with Crippen molar-refractivity contribution >= 4 is 0 Å². The highest BCUT2D eigenvalue weighted by atomic mass is 16.5. The van der Waals surface area contributed by atoms with E-state index in [0.29, 0.717) is 18.3 Å². The van der Waals surface area contributed by atoms with Crippen molar-refractivity contribution in [3.8, 4) is 5.88 Å². The SMILES string of the molecule is COC(C)(C)CCOc1cc(=O)[nH]c(C)n1. The molecule has 90 valence electrons. The molecule has 0 bridgehead atoms. The summed E-state index contributed by atoms with van der Waals surface area (Å²) in [6, 6.07) is 1.34. The van der Waals surface area contributed by atoms with E-state index in [-0.39, 0.29) is 11.2 Å². The van der Waals surface area contributed by atoms with Crippen LogP contribution in [0.4, 0.5) is 0 Å². The van der Waals surface area contributed by atoms with E-state index in [4.69, 9.17) is 9.47 Å². The van der Waals surface area contributed by atoms with E-state index in [1.54, 1.807) is 14.0 Å². The van der Waals surface area contributed by atoms with E-state index in [1.165, 1.54) is 6.07 Å². The predicted octanol–water partition coefficient (Wildman–Crippen LogP) is 1.27. The Morgan fingerprint density at radius 1 is 1.50 bits per heavy atom. The smallest absolute Gasteiger partial charge is 0.254 e. The number of H-pyrrole nitrogens is 1. The minimum Gasteiger partial charge on any atom is -0.477 e. The second-order valence-corrected chi connectivity index (χ2v) is 4.23. The van der Waals surface area contributed by atoms with Crippen molar-refractivity contribution in [2.45, 2.75) is 32.8 Å². The van der Waals surface area contributed by atoms with Crippen LogP contribution in [0, 0.1) is 6.92 Å². The fourth-order valence-electron chi connectivity index (χ4n) is 1.13. The van der Waals surface area contributed by atoms with Crippen LogP contribution in [0.25, 0.3) is 0 Å². The van der Waals surface area contributed by atoms with Crippen molar-refractivity contribution in [3.05, 3.63) is 22.2 Å². The van der Waals surface area contributed by atoms with Crippen LogP contribution in [0.1, 0.15) is 26.1 Å². The van der Waals surface area contributed by atoms with Crippen molar-refractivity contribution in [3.63, 3.8) is 0 Å². The van der Waals surface area contributed by atoms with Crippen LogP contribution in [0.2, 0.25) is 0 Å². The molecule has 0 radical (unpaired) electrons. The van der Waals surface area contributed by atoms with Crippen molar-refractivity contribution < 1.29 is 9.47 Å². The number of hydrogen-bond donors (Lipinski definition) is 1. The van der Waals surface area contributed by atoms with Gasteiger partial charge in [0.15, 0.2) is 0 Å².